The van der Waals surface area contributed by atoms with Gasteiger partial charge in [-0.25, -0.2) is 0 Å². The number of nitrogens with zero attached hydrogens (tertiary/aromatic N) is 1. The zero-order chi connectivity index (χ0) is 15.2. The number of rotatable bonds is 2. The van der Waals surface area contributed by atoms with E-state index in [4.69, 9.17) is 4.55 Å². The standard InChI is InChI=1S/C8H9N.C7H8O3S/c1-3-8-5-4-7(2)9-6-8;1-6-2-4-7(5-3-6)11(8,9)10/h3-6H,1H2,2H3;2-5H,1H3,(H,8,9,10). The summed E-state index contributed by atoms with van der Waals surface area (Å²) in [5, 5.41) is 0. The second kappa shape index (κ2) is 6.98. The van der Waals surface area contributed by atoms with E-state index in [9.17, 15) is 8.42 Å². The summed E-state index contributed by atoms with van der Waals surface area (Å²) in [5.41, 5.74) is 3.07. The normalized spacial score (nSPS) is 10.3. The van der Waals surface area contributed by atoms with Gasteiger partial charge < -0.3 is 0 Å². The van der Waals surface area contributed by atoms with Crippen LogP contribution in [0, 0.1) is 13.8 Å². The van der Waals surface area contributed by atoms with E-state index in [0.717, 1.165) is 16.8 Å². The van der Waals surface area contributed by atoms with Gasteiger partial charge in [0.25, 0.3) is 10.1 Å². The van der Waals surface area contributed by atoms with Crippen molar-refractivity contribution in [2.24, 2.45) is 0 Å². The lowest BCUT2D eigenvalue weighted by molar-refractivity contribution is 0.483. The van der Waals surface area contributed by atoms with Crippen molar-refractivity contribution >= 4 is 16.2 Å². The van der Waals surface area contributed by atoms with E-state index in [2.05, 4.69) is 11.6 Å². The molecule has 5 heteroatoms. The van der Waals surface area contributed by atoms with Crippen LogP contribution in [0.1, 0.15) is 16.8 Å². The van der Waals surface area contributed by atoms with Crippen molar-refractivity contribution in [3.8, 4) is 0 Å². The van der Waals surface area contributed by atoms with Crippen molar-refractivity contribution in [1.82, 2.24) is 4.98 Å². The molecule has 2 rings (SSSR count). The number of hydrogen-bond donors (Lipinski definition) is 1. The minimum Gasteiger partial charge on any atom is -0.282 e. The number of aromatic nitrogens is 1. The minimum absolute atomic E-state index is 0.0666. The first-order valence-corrected chi connectivity index (χ1v) is 7.36. The zero-order valence-electron chi connectivity index (χ0n) is 11.4. The molecule has 1 N–H and O–H groups in total. The maximum Gasteiger partial charge on any atom is 0.294 e. The van der Waals surface area contributed by atoms with Crippen molar-refractivity contribution < 1.29 is 13.0 Å². The Hall–Kier alpha value is -1.98. The van der Waals surface area contributed by atoms with Crippen LogP contribution in [-0.2, 0) is 10.1 Å². The Morgan fingerprint density at radius 3 is 2.10 bits per heavy atom. The lowest BCUT2D eigenvalue weighted by Gasteiger charge is -1.95. The number of pyridine rings is 1. The van der Waals surface area contributed by atoms with Gasteiger partial charge in [-0.1, -0.05) is 36.4 Å². The second-order valence-electron chi connectivity index (χ2n) is 4.23. The predicted octanol–water partition coefficient (Wildman–Crippen LogP) is 3.27. The highest BCUT2D eigenvalue weighted by molar-refractivity contribution is 7.85. The smallest absolute Gasteiger partial charge is 0.282 e. The molecule has 4 nitrogen and oxygen atoms in total. The van der Waals surface area contributed by atoms with E-state index in [-0.39, 0.29) is 4.90 Å². The summed E-state index contributed by atoms with van der Waals surface area (Å²) in [6, 6.07) is 9.95. The third-order valence-electron chi connectivity index (χ3n) is 2.49. The van der Waals surface area contributed by atoms with Crippen LogP contribution in [0.5, 0.6) is 0 Å². The second-order valence-corrected chi connectivity index (χ2v) is 5.65. The molecule has 0 radical (unpaired) electrons. The van der Waals surface area contributed by atoms with Crippen LogP contribution in [0.25, 0.3) is 6.08 Å². The van der Waals surface area contributed by atoms with E-state index >= 15 is 0 Å². The quantitative estimate of drug-likeness (QED) is 0.862. The largest absolute Gasteiger partial charge is 0.294 e. The first-order chi connectivity index (χ1) is 9.32. The lowest BCUT2D eigenvalue weighted by Crippen LogP contribution is -1.96. The van der Waals surface area contributed by atoms with Crippen molar-refractivity contribution in [2.75, 3.05) is 0 Å². The monoisotopic (exact) mass is 291 g/mol. The molecule has 1 aromatic heterocycles. The molecule has 0 bridgehead atoms. The van der Waals surface area contributed by atoms with Gasteiger partial charge in [-0.15, -0.1) is 0 Å². The molecule has 0 saturated heterocycles. The van der Waals surface area contributed by atoms with Crippen LogP contribution >= 0.6 is 0 Å². The molecule has 0 aliphatic heterocycles. The summed E-state index contributed by atoms with van der Waals surface area (Å²) in [7, 11) is -4.02. The average Bonchev–Trinajstić information content (AvgIpc) is 2.40. The van der Waals surface area contributed by atoms with Gasteiger partial charge in [-0.3, -0.25) is 9.54 Å². The van der Waals surface area contributed by atoms with Gasteiger partial charge in [0, 0.05) is 11.9 Å². The minimum atomic E-state index is -4.02. The Labute approximate surface area is 119 Å². The van der Waals surface area contributed by atoms with Gasteiger partial charge in [0.05, 0.1) is 4.90 Å². The van der Waals surface area contributed by atoms with Crippen LogP contribution in [-0.4, -0.2) is 18.0 Å². The highest BCUT2D eigenvalue weighted by Gasteiger charge is 2.06. The fourth-order valence-electron chi connectivity index (χ4n) is 1.31. The topological polar surface area (TPSA) is 67.3 Å². The molecule has 0 aliphatic carbocycles. The Morgan fingerprint density at radius 2 is 1.70 bits per heavy atom. The summed E-state index contributed by atoms with van der Waals surface area (Å²) in [5.74, 6) is 0. The fourth-order valence-corrected chi connectivity index (χ4v) is 1.79. The number of hydrogen-bond acceptors (Lipinski definition) is 3. The molecule has 0 saturated carbocycles. The molecule has 0 fully saturated rings. The molecule has 106 valence electrons. The SMILES string of the molecule is C=Cc1ccc(C)nc1.Cc1ccc(S(=O)(=O)O)cc1. The first-order valence-electron chi connectivity index (χ1n) is 5.92. The van der Waals surface area contributed by atoms with Crippen LogP contribution in [0.15, 0.2) is 54.1 Å². The number of benzene rings is 1. The van der Waals surface area contributed by atoms with Gasteiger partial charge in [-0.2, -0.15) is 8.42 Å². The van der Waals surface area contributed by atoms with Gasteiger partial charge >= 0.3 is 0 Å². The lowest BCUT2D eigenvalue weighted by atomic mass is 10.2. The molecule has 1 aromatic carbocycles. The molecular formula is C15H17NO3S. The summed E-state index contributed by atoms with van der Waals surface area (Å²) < 4.78 is 29.6. The highest BCUT2D eigenvalue weighted by atomic mass is 32.2. The van der Waals surface area contributed by atoms with Crippen molar-refractivity contribution in [3.63, 3.8) is 0 Å². The number of aryl methyl sites for hydroxylation is 2. The molecule has 1 heterocycles. The third kappa shape index (κ3) is 5.34. The Morgan fingerprint density at radius 1 is 1.10 bits per heavy atom. The highest BCUT2D eigenvalue weighted by Crippen LogP contribution is 2.08. The van der Waals surface area contributed by atoms with E-state index in [1.54, 1.807) is 18.2 Å². The van der Waals surface area contributed by atoms with Crippen molar-refractivity contribution in [2.45, 2.75) is 18.7 Å². The molecule has 0 spiro atoms. The summed E-state index contributed by atoms with van der Waals surface area (Å²) >= 11 is 0. The van der Waals surface area contributed by atoms with Crippen molar-refractivity contribution in [3.05, 3.63) is 66.0 Å². The molecule has 0 unspecified atom stereocenters. The summed E-state index contributed by atoms with van der Waals surface area (Å²) in [6.45, 7) is 7.43. The van der Waals surface area contributed by atoms with Crippen molar-refractivity contribution in [1.29, 1.82) is 0 Å². The predicted molar refractivity (Wildman–Crippen MR) is 80.1 cm³/mol. The Kier molecular flexibility index (Phi) is 5.61. The van der Waals surface area contributed by atoms with E-state index in [1.807, 2.05) is 32.2 Å². The summed E-state index contributed by atoms with van der Waals surface area (Å²) in [6.07, 6.45) is 3.59. The fraction of sp³-hybridized carbons (Fsp3) is 0.133. The van der Waals surface area contributed by atoms with E-state index < -0.39 is 10.1 Å². The van der Waals surface area contributed by atoms with Crippen LogP contribution in [0.2, 0.25) is 0 Å². The first kappa shape index (κ1) is 16.1. The Balaban J connectivity index is 0.000000204. The van der Waals surface area contributed by atoms with Gasteiger partial charge in [-0.05, 0) is 37.6 Å². The van der Waals surface area contributed by atoms with Gasteiger partial charge in [0.2, 0.25) is 0 Å². The molecular weight excluding hydrogens is 274 g/mol. The van der Waals surface area contributed by atoms with E-state index in [1.165, 1.54) is 12.1 Å². The summed E-state index contributed by atoms with van der Waals surface area (Å²) in [4.78, 5) is 4.01. The maximum absolute atomic E-state index is 10.5. The Bertz CT molecular complexity index is 659. The van der Waals surface area contributed by atoms with Gasteiger partial charge in [0.15, 0.2) is 0 Å². The molecule has 0 atom stereocenters. The molecule has 0 amide bonds. The zero-order valence-corrected chi connectivity index (χ0v) is 12.3. The third-order valence-corrected chi connectivity index (χ3v) is 3.36. The molecule has 20 heavy (non-hydrogen) atoms. The molecule has 0 aliphatic rings. The van der Waals surface area contributed by atoms with E-state index in [0.29, 0.717) is 0 Å². The van der Waals surface area contributed by atoms with Crippen LogP contribution < -0.4 is 0 Å². The average molecular weight is 291 g/mol. The van der Waals surface area contributed by atoms with Gasteiger partial charge in [0.1, 0.15) is 0 Å². The maximum atomic E-state index is 10.5. The molecule has 2 aromatic rings. The van der Waals surface area contributed by atoms with Crippen LogP contribution in [0.4, 0.5) is 0 Å². The van der Waals surface area contributed by atoms with Crippen LogP contribution in [0.3, 0.4) is 0 Å².